The molecule has 8 aromatic rings. The van der Waals surface area contributed by atoms with E-state index in [-0.39, 0.29) is 10.8 Å². The van der Waals surface area contributed by atoms with Gasteiger partial charge in [-0.15, -0.1) is 0 Å². The molecule has 2 aromatic heterocycles. The Morgan fingerprint density at radius 1 is 0.392 bits per heavy atom. The zero-order valence-corrected chi connectivity index (χ0v) is 30.1. The number of hydrogen-bond acceptors (Lipinski definition) is 3. The van der Waals surface area contributed by atoms with Gasteiger partial charge in [0.25, 0.3) is 0 Å². The maximum Gasteiger partial charge on any atom is 0.164 e. The molecule has 0 spiro atoms. The van der Waals surface area contributed by atoms with E-state index in [1.807, 2.05) is 60.7 Å². The van der Waals surface area contributed by atoms with E-state index in [0.29, 0.717) is 17.5 Å². The smallest absolute Gasteiger partial charge is 0.164 e. The lowest BCUT2D eigenvalue weighted by atomic mass is 9.85. The lowest BCUT2D eigenvalue weighted by Gasteiger charge is -2.19. The molecule has 8 rings (SSSR count). The number of aromatic nitrogens is 4. The molecule has 4 heteroatoms. The molecule has 0 saturated heterocycles. The number of hydrogen-bond donors (Lipinski definition) is 0. The number of benzene rings is 6. The maximum absolute atomic E-state index is 5.11. The highest BCUT2D eigenvalue weighted by atomic mass is 15.0. The van der Waals surface area contributed by atoms with Gasteiger partial charge in [0, 0.05) is 33.2 Å². The van der Waals surface area contributed by atoms with E-state index in [1.165, 1.54) is 32.9 Å². The highest BCUT2D eigenvalue weighted by Gasteiger charge is 2.22. The molecular formula is C47H42N4. The summed E-state index contributed by atoms with van der Waals surface area (Å²) in [5.74, 6) is 1.93. The SMILES string of the molecule is CC(C)(C)c1ccc2c(c1)c1cc(C(C)(C)C)ccc1n2-c1ccc(-c2nc(-c3ccccc3)nc(-c3ccccc3)n2)c(-c2ccccc2)c1. The largest absolute Gasteiger partial charge is 0.309 e. The summed E-state index contributed by atoms with van der Waals surface area (Å²) in [7, 11) is 0. The van der Waals surface area contributed by atoms with Crippen molar-refractivity contribution in [2.75, 3.05) is 0 Å². The average Bonchev–Trinajstić information content (AvgIpc) is 3.48. The van der Waals surface area contributed by atoms with Crippen LogP contribution in [0.1, 0.15) is 52.7 Å². The first kappa shape index (κ1) is 32.3. The van der Waals surface area contributed by atoms with Gasteiger partial charge in [0.1, 0.15) is 0 Å². The fraction of sp³-hybridized carbons (Fsp3) is 0.170. The summed E-state index contributed by atoms with van der Waals surface area (Å²) in [6, 6.07) is 51.5. The van der Waals surface area contributed by atoms with Gasteiger partial charge in [-0.25, -0.2) is 15.0 Å². The van der Waals surface area contributed by atoms with E-state index >= 15 is 0 Å². The maximum atomic E-state index is 5.11. The van der Waals surface area contributed by atoms with Crippen LogP contribution >= 0.6 is 0 Å². The summed E-state index contributed by atoms with van der Waals surface area (Å²) in [5.41, 5.74) is 11.2. The van der Waals surface area contributed by atoms with Crippen molar-refractivity contribution in [1.29, 1.82) is 0 Å². The molecule has 2 heterocycles. The van der Waals surface area contributed by atoms with E-state index in [2.05, 4.69) is 131 Å². The van der Waals surface area contributed by atoms with Gasteiger partial charge in [-0.05, 0) is 75.5 Å². The Bertz CT molecular complexity index is 2390. The molecule has 4 nitrogen and oxygen atoms in total. The predicted molar refractivity (Wildman–Crippen MR) is 213 cm³/mol. The summed E-state index contributed by atoms with van der Waals surface area (Å²) >= 11 is 0. The third kappa shape index (κ3) is 6.12. The van der Waals surface area contributed by atoms with E-state index in [4.69, 9.17) is 15.0 Å². The molecule has 250 valence electrons. The van der Waals surface area contributed by atoms with Crippen molar-refractivity contribution in [2.24, 2.45) is 0 Å². The van der Waals surface area contributed by atoms with Gasteiger partial charge < -0.3 is 4.57 Å². The molecule has 0 bridgehead atoms. The van der Waals surface area contributed by atoms with Gasteiger partial charge in [0.2, 0.25) is 0 Å². The van der Waals surface area contributed by atoms with Gasteiger partial charge in [0.05, 0.1) is 11.0 Å². The van der Waals surface area contributed by atoms with Gasteiger partial charge in [-0.2, -0.15) is 0 Å². The zero-order chi connectivity index (χ0) is 35.3. The lowest BCUT2D eigenvalue weighted by molar-refractivity contribution is 0.590. The minimum atomic E-state index is 0.0358. The molecule has 0 radical (unpaired) electrons. The highest BCUT2D eigenvalue weighted by molar-refractivity contribution is 6.10. The van der Waals surface area contributed by atoms with Crippen LogP contribution in [0.15, 0.2) is 146 Å². The van der Waals surface area contributed by atoms with Gasteiger partial charge in [-0.1, -0.05) is 145 Å². The topological polar surface area (TPSA) is 43.6 Å². The van der Waals surface area contributed by atoms with Crippen molar-refractivity contribution < 1.29 is 0 Å². The van der Waals surface area contributed by atoms with Crippen LogP contribution in [0.25, 0.3) is 72.8 Å². The lowest BCUT2D eigenvalue weighted by Crippen LogP contribution is -2.10. The standard InChI is InChI=1S/C47H42N4/c1-46(2,3)34-22-26-41-39(28-34)40-29-35(47(4,5)6)23-27-42(40)51(41)36-24-25-37(38(30-36)31-16-10-7-11-17-31)45-49-43(32-18-12-8-13-19-32)48-44(50-45)33-20-14-9-15-21-33/h7-30H,1-6H3. The Kier molecular flexibility index (Phi) is 7.91. The van der Waals surface area contributed by atoms with E-state index in [1.54, 1.807) is 0 Å². The Labute approximate surface area is 300 Å². The fourth-order valence-corrected chi connectivity index (χ4v) is 6.89. The van der Waals surface area contributed by atoms with E-state index in [9.17, 15) is 0 Å². The van der Waals surface area contributed by atoms with Crippen LogP contribution in [0.4, 0.5) is 0 Å². The van der Waals surface area contributed by atoms with Crippen molar-refractivity contribution in [3.05, 3.63) is 157 Å². The monoisotopic (exact) mass is 662 g/mol. The first-order valence-electron chi connectivity index (χ1n) is 17.7. The van der Waals surface area contributed by atoms with Gasteiger partial charge >= 0.3 is 0 Å². The van der Waals surface area contributed by atoms with Crippen molar-refractivity contribution in [2.45, 2.75) is 52.4 Å². The minimum Gasteiger partial charge on any atom is -0.309 e. The second kappa shape index (κ2) is 12.5. The molecule has 0 aliphatic carbocycles. The Morgan fingerprint density at radius 2 is 0.824 bits per heavy atom. The van der Waals surface area contributed by atoms with Crippen molar-refractivity contribution in [1.82, 2.24) is 19.5 Å². The van der Waals surface area contributed by atoms with Gasteiger partial charge in [-0.3, -0.25) is 0 Å². The van der Waals surface area contributed by atoms with Crippen LogP contribution in [0.5, 0.6) is 0 Å². The second-order valence-corrected chi connectivity index (χ2v) is 15.4. The predicted octanol–water partition coefficient (Wildman–Crippen LogP) is 12.2. The zero-order valence-electron chi connectivity index (χ0n) is 30.1. The molecule has 6 aromatic carbocycles. The molecule has 0 unspecified atom stereocenters. The highest BCUT2D eigenvalue weighted by Crippen LogP contribution is 2.40. The van der Waals surface area contributed by atoms with Crippen LogP contribution in [-0.4, -0.2) is 19.5 Å². The Hall–Kier alpha value is -5.87. The molecule has 0 fully saturated rings. The first-order chi connectivity index (χ1) is 24.5. The third-order valence-corrected chi connectivity index (χ3v) is 9.78. The van der Waals surface area contributed by atoms with Crippen molar-refractivity contribution in [3.63, 3.8) is 0 Å². The van der Waals surface area contributed by atoms with Gasteiger partial charge in [0.15, 0.2) is 17.5 Å². The number of fused-ring (bicyclic) bond motifs is 3. The van der Waals surface area contributed by atoms with Crippen LogP contribution in [0.3, 0.4) is 0 Å². The van der Waals surface area contributed by atoms with Crippen molar-refractivity contribution in [3.8, 4) is 51.0 Å². The number of rotatable bonds is 5. The van der Waals surface area contributed by atoms with E-state index in [0.717, 1.165) is 33.5 Å². The van der Waals surface area contributed by atoms with Crippen LogP contribution < -0.4 is 0 Å². The quantitative estimate of drug-likeness (QED) is 0.184. The molecule has 0 amide bonds. The van der Waals surface area contributed by atoms with Crippen LogP contribution in [-0.2, 0) is 10.8 Å². The van der Waals surface area contributed by atoms with Crippen LogP contribution in [0.2, 0.25) is 0 Å². The summed E-state index contributed by atoms with van der Waals surface area (Å²) in [4.78, 5) is 15.2. The molecule has 0 aliphatic rings. The molecule has 0 aliphatic heterocycles. The average molecular weight is 663 g/mol. The summed E-state index contributed by atoms with van der Waals surface area (Å²) in [6.07, 6.45) is 0. The molecule has 0 N–H and O–H groups in total. The first-order valence-corrected chi connectivity index (χ1v) is 17.7. The molecule has 51 heavy (non-hydrogen) atoms. The van der Waals surface area contributed by atoms with E-state index < -0.39 is 0 Å². The second-order valence-electron chi connectivity index (χ2n) is 15.4. The Morgan fingerprint density at radius 3 is 1.27 bits per heavy atom. The molecule has 0 saturated carbocycles. The molecular weight excluding hydrogens is 621 g/mol. The number of nitrogens with zero attached hydrogens (tertiary/aromatic N) is 4. The third-order valence-electron chi connectivity index (χ3n) is 9.78. The van der Waals surface area contributed by atoms with Crippen LogP contribution in [0, 0.1) is 0 Å². The fourth-order valence-electron chi connectivity index (χ4n) is 6.89. The summed E-state index contributed by atoms with van der Waals surface area (Å²) < 4.78 is 2.41. The summed E-state index contributed by atoms with van der Waals surface area (Å²) in [6.45, 7) is 13.7. The normalized spacial score (nSPS) is 12.1. The molecule has 0 atom stereocenters. The summed E-state index contributed by atoms with van der Waals surface area (Å²) in [5, 5.41) is 2.54. The minimum absolute atomic E-state index is 0.0358. The Balaban J connectivity index is 1.39. The van der Waals surface area contributed by atoms with Crippen molar-refractivity contribution >= 4 is 21.8 Å².